The van der Waals surface area contributed by atoms with Crippen LogP contribution in [-0.4, -0.2) is 30.4 Å². The summed E-state index contributed by atoms with van der Waals surface area (Å²) in [5, 5.41) is 12.1. The number of halogens is 1. The van der Waals surface area contributed by atoms with Gasteiger partial charge in [-0.2, -0.15) is 0 Å². The van der Waals surface area contributed by atoms with Crippen LogP contribution in [0.25, 0.3) is 38.8 Å². The van der Waals surface area contributed by atoms with Gasteiger partial charge in [0.2, 0.25) is 0 Å². The van der Waals surface area contributed by atoms with Crippen LogP contribution in [-0.2, 0) is 22.6 Å². The fraction of sp³-hybridized carbons (Fsp3) is 0.267. The lowest BCUT2D eigenvalue weighted by Crippen LogP contribution is -2.28. The molecule has 39 heavy (non-hydrogen) atoms. The number of aromatic nitrogens is 3. The van der Waals surface area contributed by atoms with E-state index in [1.54, 1.807) is 39.5 Å². The van der Waals surface area contributed by atoms with Crippen LogP contribution in [0.1, 0.15) is 38.1 Å². The van der Waals surface area contributed by atoms with Crippen LogP contribution < -0.4 is 11.4 Å². The molecule has 5 aromatic rings. The van der Waals surface area contributed by atoms with E-state index in [-0.39, 0.29) is 5.69 Å². The minimum Gasteiger partial charge on any atom is -0.479 e. The van der Waals surface area contributed by atoms with Crippen LogP contribution in [0.3, 0.4) is 0 Å². The van der Waals surface area contributed by atoms with Gasteiger partial charge in [-0.3, -0.25) is 9.13 Å². The van der Waals surface area contributed by atoms with Gasteiger partial charge in [-0.05, 0) is 69.2 Å². The van der Waals surface area contributed by atoms with Gasteiger partial charge in [0.05, 0.1) is 33.5 Å². The fourth-order valence-electron chi connectivity index (χ4n) is 5.80. The largest absolute Gasteiger partial charge is 0.479 e. The summed E-state index contributed by atoms with van der Waals surface area (Å²) in [6, 6.07) is 16.5. The van der Waals surface area contributed by atoms with E-state index in [0.717, 1.165) is 22.2 Å². The lowest BCUT2D eigenvalue weighted by molar-refractivity contribution is -0.160. The van der Waals surface area contributed by atoms with Crippen LogP contribution >= 0.6 is 11.6 Å². The summed E-state index contributed by atoms with van der Waals surface area (Å²) in [6.07, 6.45) is -1.38. The molecule has 0 bridgehead atoms. The second-order valence-corrected chi connectivity index (χ2v) is 11.4. The number of nitrogens with zero attached hydrogens (tertiary/aromatic N) is 3. The Balaban J connectivity index is 1.92. The number of aliphatic carboxylic acids is 1. The molecule has 0 unspecified atom stereocenters. The Morgan fingerprint density at radius 1 is 1.03 bits per heavy atom. The van der Waals surface area contributed by atoms with Gasteiger partial charge in [-0.1, -0.05) is 35.9 Å². The van der Waals surface area contributed by atoms with E-state index in [1.165, 1.54) is 0 Å². The molecule has 0 fully saturated rings. The summed E-state index contributed by atoms with van der Waals surface area (Å²) in [5.41, 5.74) is 11.2. The van der Waals surface area contributed by atoms with Crippen molar-refractivity contribution >= 4 is 45.2 Å². The van der Waals surface area contributed by atoms with Crippen LogP contribution in [0.4, 0.5) is 5.69 Å². The first-order chi connectivity index (χ1) is 18.5. The first-order valence-electron chi connectivity index (χ1n) is 12.8. The van der Waals surface area contributed by atoms with Gasteiger partial charge in [-0.25, -0.2) is 9.59 Å². The van der Waals surface area contributed by atoms with Crippen LogP contribution in [0, 0.1) is 6.92 Å². The van der Waals surface area contributed by atoms with Crippen molar-refractivity contribution in [2.24, 2.45) is 0 Å². The Morgan fingerprint density at radius 2 is 1.69 bits per heavy atom. The van der Waals surface area contributed by atoms with E-state index < -0.39 is 17.7 Å². The number of para-hydroxylation sites is 2. The molecule has 1 aliphatic rings. The maximum Gasteiger partial charge on any atom is 0.337 e. The average molecular weight is 545 g/mol. The molecule has 2 aromatic heterocycles. The normalized spacial score (nSPS) is 14.0. The Labute approximate surface area is 229 Å². The highest BCUT2D eigenvalue weighted by Crippen LogP contribution is 2.46. The molecule has 6 rings (SSSR count). The number of carboxylic acid groups (broad SMARTS) is 1. The highest BCUT2D eigenvalue weighted by Gasteiger charge is 2.37. The summed E-state index contributed by atoms with van der Waals surface area (Å²) < 4.78 is 11.7. The molecule has 3 N–H and O–H groups in total. The minimum absolute atomic E-state index is 0.274. The number of anilines is 1. The Bertz CT molecular complexity index is 1860. The zero-order valence-electron chi connectivity index (χ0n) is 22.2. The van der Waals surface area contributed by atoms with Gasteiger partial charge in [0.1, 0.15) is 0 Å². The van der Waals surface area contributed by atoms with E-state index in [2.05, 4.69) is 10.6 Å². The summed E-state index contributed by atoms with van der Waals surface area (Å²) in [5.74, 6) is -1.15. The molecule has 3 aromatic carbocycles. The molecule has 1 aliphatic heterocycles. The van der Waals surface area contributed by atoms with Gasteiger partial charge in [0.15, 0.2) is 6.10 Å². The number of benzene rings is 3. The summed E-state index contributed by atoms with van der Waals surface area (Å²) in [4.78, 5) is 27.1. The van der Waals surface area contributed by atoms with Crippen molar-refractivity contribution in [1.29, 1.82) is 0 Å². The number of aryl methyl sites for hydroxylation is 3. The second-order valence-electron chi connectivity index (χ2n) is 11.0. The third-order valence-electron chi connectivity index (χ3n) is 7.28. The number of nitrogens with two attached hydrogens (primary N) is 1. The van der Waals surface area contributed by atoms with Crippen molar-refractivity contribution in [3.63, 3.8) is 0 Å². The predicted octanol–water partition coefficient (Wildman–Crippen LogP) is 5.91. The molecule has 9 heteroatoms. The molecule has 0 saturated heterocycles. The van der Waals surface area contributed by atoms with E-state index in [9.17, 15) is 14.7 Å². The quantitative estimate of drug-likeness (QED) is 0.268. The first kappa shape index (κ1) is 25.3. The van der Waals surface area contributed by atoms with E-state index >= 15 is 0 Å². The van der Waals surface area contributed by atoms with Gasteiger partial charge in [0.25, 0.3) is 0 Å². The Kier molecular flexibility index (Phi) is 5.68. The number of imidazole rings is 1. The highest BCUT2D eigenvalue weighted by molar-refractivity contribution is 6.30. The van der Waals surface area contributed by atoms with Crippen molar-refractivity contribution in [3.8, 4) is 16.8 Å². The van der Waals surface area contributed by atoms with Crippen molar-refractivity contribution in [2.45, 2.75) is 52.5 Å². The minimum atomic E-state index is -1.38. The van der Waals surface area contributed by atoms with Gasteiger partial charge >= 0.3 is 11.7 Å². The monoisotopic (exact) mass is 544 g/mol. The third kappa shape index (κ3) is 3.85. The summed E-state index contributed by atoms with van der Waals surface area (Å²) in [6.45, 7) is 8.54. The lowest BCUT2D eigenvalue weighted by atomic mass is 9.90. The molecule has 0 aliphatic carbocycles. The number of hydrogen-bond acceptors (Lipinski definition) is 4. The second kappa shape index (κ2) is 8.76. The van der Waals surface area contributed by atoms with E-state index in [1.807, 2.05) is 45.9 Å². The topological polar surface area (TPSA) is 104 Å². The number of ether oxygens (including phenoxy) is 1. The molecule has 0 amide bonds. The molecule has 8 nitrogen and oxygen atoms in total. The smallest absolute Gasteiger partial charge is 0.337 e. The zero-order chi connectivity index (χ0) is 27.8. The fourth-order valence-corrected chi connectivity index (χ4v) is 5.93. The number of hydrogen-bond donors (Lipinski definition) is 2. The molecule has 0 spiro atoms. The number of carbonyl (C=O) groups is 1. The maximum atomic E-state index is 14.1. The van der Waals surface area contributed by atoms with Crippen LogP contribution in [0.2, 0.25) is 5.02 Å². The van der Waals surface area contributed by atoms with Crippen LogP contribution in [0.5, 0.6) is 0 Å². The van der Waals surface area contributed by atoms with Gasteiger partial charge in [0, 0.05) is 34.8 Å². The standard InChI is InChI=1S/C30H29ClN4O4/c1-16-15-19-22(17-9-11-18(31)12-10-17)23(27(28(36)37)39-30(2,3)4)25-26-24(19)33(16)13-14-34(26)29(38)35(25)21-8-6-5-7-20(21)32/h5-12,15,27H,13-14,32H2,1-4H3,(H,36,37)/t27-/m0/s1. The molecule has 3 heterocycles. The first-order valence-corrected chi connectivity index (χ1v) is 13.2. The third-order valence-corrected chi connectivity index (χ3v) is 7.53. The SMILES string of the molecule is Cc1cc2c(-c3ccc(Cl)cc3)c([C@H](OC(C)(C)C)C(=O)O)c3c4c2n1CCn4c(=O)n3-c1ccccc1N. The summed E-state index contributed by atoms with van der Waals surface area (Å²) in [7, 11) is 0. The van der Waals surface area contributed by atoms with E-state index in [4.69, 9.17) is 22.1 Å². The molecular weight excluding hydrogens is 516 g/mol. The predicted molar refractivity (Wildman–Crippen MR) is 154 cm³/mol. The van der Waals surface area contributed by atoms with Crippen molar-refractivity contribution < 1.29 is 14.6 Å². The molecular formula is C30H29ClN4O4. The number of carboxylic acids is 1. The van der Waals surface area contributed by atoms with Gasteiger partial charge < -0.3 is 20.1 Å². The van der Waals surface area contributed by atoms with E-state index in [0.29, 0.717) is 51.6 Å². The molecule has 0 saturated carbocycles. The highest BCUT2D eigenvalue weighted by atomic mass is 35.5. The van der Waals surface area contributed by atoms with Crippen molar-refractivity contribution in [2.75, 3.05) is 5.73 Å². The van der Waals surface area contributed by atoms with Crippen molar-refractivity contribution in [3.05, 3.63) is 81.4 Å². The summed E-state index contributed by atoms with van der Waals surface area (Å²) >= 11 is 6.25. The molecule has 200 valence electrons. The Morgan fingerprint density at radius 3 is 2.33 bits per heavy atom. The van der Waals surface area contributed by atoms with Gasteiger partial charge in [-0.15, -0.1) is 0 Å². The number of rotatable bonds is 5. The zero-order valence-corrected chi connectivity index (χ0v) is 22.9. The molecule has 0 radical (unpaired) electrons. The Hall–Kier alpha value is -4.01. The maximum absolute atomic E-state index is 14.1. The molecule has 1 atom stereocenters. The number of nitrogen functional groups attached to an aromatic ring is 1. The lowest BCUT2D eigenvalue weighted by Gasteiger charge is -2.28. The van der Waals surface area contributed by atoms with Crippen molar-refractivity contribution in [1.82, 2.24) is 13.7 Å². The van der Waals surface area contributed by atoms with Crippen LogP contribution in [0.15, 0.2) is 59.4 Å². The average Bonchev–Trinajstić information content (AvgIpc) is 3.36.